The number of hydrogen-bond donors (Lipinski definition) is 0. The van der Waals surface area contributed by atoms with Crippen LogP contribution < -0.4 is 0 Å². The third-order valence-corrected chi connectivity index (χ3v) is 2.98. The standard InChI is InChI=1S/C13H16O2/c1-9-3-5-11(6-4-9)12(14)13-10(2)7-8-15-13/h3-6,10,13H,7-8H2,1-2H3. The molecule has 0 amide bonds. The van der Waals surface area contributed by atoms with Crippen LogP contribution >= 0.6 is 0 Å². The van der Waals surface area contributed by atoms with Crippen LogP contribution in [0.2, 0.25) is 0 Å². The topological polar surface area (TPSA) is 26.3 Å². The predicted molar refractivity (Wildman–Crippen MR) is 59.0 cm³/mol. The molecule has 0 aliphatic carbocycles. The molecule has 2 heteroatoms. The lowest BCUT2D eigenvalue weighted by atomic mass is 9.96. The summed E-state index contributed by atoms with van der Waals surface area (Å²) >= 11 is 0. The zero-order chi connectivity index (χ0) is 10.8. The van der Waals surface area contributed by atoms with Crippen LogP contribution in [0.5, 0.6) is 0 Å². The molecule has 2 nitrogen and oxygen atoms in total. The van der Waals surface area contributed by atoms with Crippen LogP contribution in [0.15, 0.2) is 24.3 Å². The van der Waals surface area contributed by atoms with Gasteiger partial charge in [-0.15, -0.1) is 0 Å². The Morgan fingerprint density at radius 3 is 2.53 bits per heavy atom. The van der Waals surface area contributed by atoms with Gasteiger partial charge >= 0.3 is 0 Å². The lowest BCUT2D eigenvalue weighted by Gasteiger charge is -2.13. The molecule has 1 aliphatic rings. The Labute approximate surface area is 90.3 Å². The summed E-state index contributed by atoms with van der Waals surface area (Å²) in [6.07, 6.45) is 0.759. The molecule has 1 heterocycles. The number of Topliss-reactive ketones (excluding diaryl/α,β-unsaturated/α-hetero) is 1. The number of rotatable bonds is 2. The summed E-state index contributed by atoms with van der Waals surface area (Å²) in [5, 5.41) is 0. The summed E-state index contributed by atoms with van der Waals surface area (Å²) in [5.41, 5.74) is 1.94. The van der Waals surface area contributed by atoms with Gasteiger partial charge in [0, 0.05) is 12.2 Å². The number of ketones is 1. The Kier molecular flexibility index (Phi) is 2.87. The summed E-state index contributed by atoms with van der Waals surface area (Å²) in [6, 6.07) is 7.69. The predicted octanol–water partition coefficient (Wildman–Crippen LogP) is 2.60. The van der Waals surface area contributed by atoms with Crippen molar-refractivity contribution in [2.75, 3.05) is 6.61 Å². The quantitative estimate of drug-likeness (QED) is 0.692. The molecule has 1 aromatic rings. The van der Waals surface area contributed by atoms with Gasteiger partial charge in [0.15, 0.2) is 5.78 Å². The highest BCUT2D eigenvalue weighted by Crippen LogP contribution is 2.23. The number of benzene rings is 1. The molecule has 2 atom stereocenters. The average molecular weight is 204 g/mol. The summed E-state index contributed by atoms with van der Waals surface area (Å²) in [6.45, 7) is 4.80. The van der Waals surface area contributed by atoms with Crippen LogP contribution in [0.1, 0.15) is 29.3 Å². The first-order valence-corrected chi connectivity index (χ1v) is 5.41. The molecule has 1 aliphatic heterocycles. The minimum absolute atomic E-state index is 0.125. The minimum atomic E-state index is -0.229. The molecule has 15 heavy (non-hydrogen) atoms. The molecule has 1 saturated heterocycles. The van der Waals surface area contributed by atoms with E-state index in [4.69, 9.17) is 4.74 Å². The van der Waals surface area contributed by atoms with E-state index in [0.717, 1.165) is 12.0 Å². The van der Waals surface area contributed by atoms with E-state index in [1.54, 1.807) is 0 Å². The molecule has 0 aromatic heterocycles. The van der Waals surface area contributed by atoms with E-state index in [9.17, 15) is 4.79 Å². The van der Waals surface area contributed by atoms with Crippen molar-refractivity contribution in [2.45, 2.75) is 26.4 Å². The molecule has 0 spiro atoms. The zero-order valence-electron chi connectivity index (χ0n) is 9.19. The molecule has 80 valence electrons. The van der Waals surface area contributed by atoms with Gasteiger partial charge in [0.05, 0.1) is 0 Å². The Balaban J connectivity index is 2.17. The molecule has 0 saturated carbocycles. The first kappa shape index (κ1) is 10.4. The van der Waals surface area contributed by atoms with Crippen molar-refractivity contribution >= 4 is 5.78 Å². The Hall–Kier alpha value is -1.15. The maximum absolute atomic E-state index is 12.0. The zero-order valence-corrected chi connectivity index (χ0v) is 9.19. The molecule has 0 bridgehead atoms. The van der Waals surface area contributed by atoms with Gasteiger partial charge in [0.25, 0.3) is 0 Å². The number of carbonyl (C=O) groups excluding carboxylic acids is 1. The summed E-state index contributed by atoms with van der Waals surface area (Å²) in [7, 11) is 0. The summed E-state index contributed by atoms with van der Waals surface area (Å²) in [4.78, 5) is 12.0. The minimum Gasteiger partial charge on any atom is -0.370 e. The van der Waals surface area contributed by atoms with Crippen LogP contribution in [0.3, 0.4) is 0 Å². The van der Waals surface area contributed by atoms with Crippen molar-refractivity contribution in [3.63, 3.8) is 0 Å². The van der Waals surface area contributed by atoms with Gasteiger partial charge in [0.2, 0.25) is 0 Å². The van der Waals surface area contributed by atoms with E-state index >= 15 is 0 Å². The number of carbonyl (C=O) groups is 1. The van der Waals surface area contributed by atoms with Crippen molar-refractivity contribution in [1.82, 2.24) is 0 Å². The lowest BCUT2D eigenvalue weighted by Crippen LogP contribution is -2.25. The van der Waals surface area contributed by atoms with Gasteiger partial charge in [-0.3, -0.25) is 4.79 Å². The molecule has 2 unspecified atom stereocenters. The van der Waals surface area contributed by atoms with Crippen molar-refractivity contribution in [3.8, 4) is 0 Å². The van der Waals surface area contributed by atoms with E-state index in [0.29, 0.717) is 12.5 Å². The first-order valence-electron chi connectivity index (χ1n) is 5.41. The lowest BCUT2D eigenvalue weighted by molar-refractivity contribution is 0.0579. The van der Waals surface area contributed by atoms with Gasteiger partial charge in [0.1, 0.15) is 6.10 Å². The van der Waals surface area contributed by atoms with Gasteiger partial charge in [-0.1, -0.05) is 36.8 Å². The number of aryl methyl sites for hydroxylation is 1. The van der Waals surface area contributed by atoms with Crippen molar-refractivity contribution < 1.29 is 9.53 Å². The van der Waals surface area contributed by atoms with E-state index in [2.05, 4.69) is 6.92 Å². The highest BCUT2D eigenvalue weighted by Gasteiger charge is 2.31. The third kappa shape index (κ3) is 2.10. The maximum atomic E-state index is 12.0. The van der Waals surface area contributed by atoms with Crippen LogP contribution in [0, 0.1) is 12.8 Å². The van der Waals surface area contributed by atoms with E-state index in [-0.39, 0.29) is 11.9 Å². The van der Waals surface area contributed by atoms with Crippen LogP contribution in [0.25, 0.3) is 0 Å². The van der Waals surface area contributed by atoms with E-state index < -0.39 is 0 Å². The Morgan fingerprint density at radius 1 is 1.33 bits per heavy atom. The SMILES string of the molecule is Cc1ccc(C(=O)C2OCCC2C)cc1. The molecule has 0 N–H and O–H groups in total. The number of hydrogen-bond acceptors (Lipinski definition) is 2. The van der Waals surface area contributed by atoms with Gasteiger partial charge < -0.3 is 4.74 Å². The maximum Gasteiger partial charge on any atom is 0.191 e. The Bertz CT molecular complexity index is 353. The molecule has 0 radical (unpaired) electrons. The molecular formula is C13H16O2. The second-order valence-electron chi connectivity index (χ2n) is 4.29. The summed E-state index contributed by atoms with van der Waals surface area (Å²) < 4.78 is 5.46. The van der Waals surface area contributed by atoms with Gasteiger partial charge in [-0.05, 0) is 19.3 Å². The second-order valence-corrected chi connectivity index (χ2v) is 4.29. The van der Waals surface area contributed by atoms with Crippen LogP contribution in [-0.2, 0) is 4.74 Å². The molecular weight excluding hydrogens is 188 g/mol. The number of ether oxygens (including phenoxy) is 1. The van der Waals surface area contributed by atoms with E-state index in [1.165, 1.54) is 5.56 Å². The highest BCUT2D eigenvalue weighted by atomic mass is 16.5. The summed E-state index contributed by atoms with van der Waals surface area (Å²) in [5.74, 6) is 0.471. The smallest absolute Gasteiger partial charge is 0.191 e. The van der Waals surface area contributed by atoms with Crippen molar-refractivity contribution in [2.24, 2.45) is 5.92 Å². The van der Waals surface area contributed by atoms with Gasteiger partial charge in [-0.2, -0.15) is 0 Å². The fraction of sp³-hybridized carbons (Fsp3) is 0.462. The molecule has 1 aromatic carbocycles. The average Bonchev–Trinajstić information content (AvgIpc) is 2.65. The largest absolute Gasteiger partial charge is 0.370 e. The van der Waals surface area contributed by atoms with Gasteiger partial charge in [-0.25, -0.2) is 0 Å². The van der Waals surface area contributed by atoms with Crippen LogP contribution in [0.4, 0.5) is 0 Å². The molecule has 1 fully saturated rings. The first-order chi connectivity index (χ1) is 7.18. The van der Waals surface area contributed by atoms with Crippen LogP contribution in [-0.4, -0.2) is 18.5 Å². The second kappa shape index (κ2) is 4.15. The van der Waals surface area contributed by atoms with Crippen molar-refractivity contribution in [3.05, 3.63) is 35.4 Å². The fourth-order valence-electron chi connectivity index (χ4n) is 1.91. The van der Waals surface area contributed by atoms with E-state index in [1.807, 2.05) is 31.2 Å². The van der Waals surface area contributed by atoms with Crippen molar-refractivity contribution in [1.29, 1.82) is 0 Å². The Morgan fingerprint density at radius 2 is 2.00 bits per heavy atom. The fourth-order valence-corrected chi connectivity index (χ4v) is 1.91. The molecule has 2 rings (SSSR count). The normalized spacial score (nSPS) is 25.5. The highest BCUT2D eigenvalue weighted by molar-refractivity contribution is 5.99. The third-order valence-electron chi connectivity index (χ3n) is 2.98. The monoisotopic (exact) mass is 204 g/mol.